The molecule has 1 aliphatic heterocycles. The number of fused-ring (bicyclic) bond motifs is 1. The molecule has 1 aromatic rings. The van der Waals surface area contributed by atoms with Crippen molar-refractivity contribution in [3.8, 4) is 5.75 Å². The number of benzene rings is 1. The number of thiocarbonyl (C=S) groups is 1. The van der Waals surface area contributed by atoms with Crippen molar-refractivity contribution in [1.29, 1.82) is 0 Å². The highest BCUT2D eigenvalue weighted by atomic mass is 32.1. The lowest BCUT2D eigenvalue weighted by Crippen LogP contribution is -3.14. The molecular weight excluding hydrogens is 343 g/mol. The summed E-state index contributed by atoms with van der Waals surface area (Å²) in [4.78, 5) is 1.49. The number of phenolic OH excluding ortho intramolecular Hbond substituents is 1. The molecule has 0 saturated carbocycles. The molecule has 0 radical (unpaired) electrons. The van der Waals surface area contributed by atoms with Crippen molar-refractivity contribution in [1.82, 2.24) is 10.7 Å². The van der Waals surface area contributed by atoms with Crippen LogP contribution in [0.4, 0.5) is 4.39 Å². The van der Waals surface area contributed by atoms with Crippen LogP contribution in [0.3, 0.4) is 0 Å². The molecule has 0 amide bonds. The highest BCUT2D eigenvalue weighted by Crippen LogP contribution is 2.39. The lowest BCUT2D eigenvalue weighted by Gasteiger charge is -2.23. The van der Waals surface area contributed by atoms with E-state index in [2.05, 4.69) is 15.8 Å². The molecule has 3 rings (SSSR count). The van der Waals surface area contributed by atoms with Gasteiger partial charge < -0.3 is 20.1 Å². The molecule has 1 fully saturated rings. The molecule has 0 bridgehead atoms. The summed E-state index contributed by atoms with van der Waals surface area (Å²) in [5.74, 6) is -0.273. The zero-order valence-corrected chi connectivity index (χ0v) is 15.1. The second-order valence-corrected chi connectivity index (χ2v) is 6.91. The first-order valence-electron chi connectivity index (χ1n) is 8.59. The minimum absolute atomic E-state index is 0.0194. The summed E-state index contributed by atoms with van der Waals surface area (Å²) in [5.41, 5.74) is 4.45. The Morgan fingerprint density at radius 1 is 1.44 bits per heavy atom. The number of aromatic hydroxyl groups is 1. The van der Waals surface area contributed by atoms with Crippen LogP contribution in [0, 0.1) is 5.82 Å². The number of hydrazone groups is 1. The smallest absolute Gasteiger partial charge is 0.187 e. The van der Waals surface area contributed by atoms with E-state index in [0.29, 0.717) is 28.4 Å². The third kappa shape index (κ3) is 4.26. The fraction of sp³-hybridized carbons (Fsp3) is 0.529. The van der Waals surface area contributed by atoms with E-state index in [1.54, 1.807) is 0 Å². The van der Waals surface area contributed by atoms with Gasteiger partial charge in [-0.25, -0.2) is 4.39 Å². The zero-order chi connectivity index (χ0) is 17.8. The van der Waals surface area contributed by atoms with Crippen LogP contribution in [-0.4, -0.2) is 55.3 Å². The van der Waals surface area contributed by atoms with E-state index >= 15 is 0 Å². The minimum atomic E-state index is -0.306. The van der Waals surface area contributed by atoms with Gasteiger partial charge in [0.15, 0.2) is 5.11 Å². The standard InChI is InChI=1S/C17H23FN4O2S/c1-11-10-13(16-14(23)3-2-12(18)15(11)16)20-21-17(25)19-4-5-22-6-8-24-9-7-22/h2-3,11,23H,4-10H2,1H3,(H2,19,21,25)/p+1/b20-13+/t11-/m1/s1. The number of nitrogens with zero attached hydrogens (tertiary/aromatic N) is 1. The van der Waals surface area contributed by atoms with Crippen LogP contribution < -0.4 is 15.6 Å². The van der Waals surface area contributed by atoms with Crippen LogP contribution in [0.1, 0.15) is 30.4 Å². The summed E-state index contributed by atoms with van der Waals surface area (Å²) in [7, 11) is 0. The minimum Gasteiger partial charge on any atom is -0.507 e. The van der Waals surface area contributed by atoms with Crippen molar-refractivity contribution < 1.29 is 19.1 Å². The Balaban J connectivity index is 1.54. The monoisotopic (exact) mass is 367 g/mol. The van der Waals surface area contributed by atoms with Gasteiger partial charge in [0.2, 0.25) is 0 Å². The van der Waals surface area contributed by atoms with Crippen molar-refractivity contribution in [2.24, 2.45) is 5.10 Å². The van der Waals surface area contributed by atoms with Crippen LogP contribution >= 0.6 is 12.2 Å². The van der Waals surface area contributed by atoms with Crippen molar-refractivity contribution in [3.63, 3.8) is 0 Å². The Kier molecular flexibility index (Phi) is 5.82. The van der Waals surface area contributed by atoms with Crippen LogP contribution in [0.2, 0.25) is 0 Å². The number of hydrogen-bond donors (Lipinski definition) is 4. The third-order valence-electron chi connectivity index (χ3n) is 4.71. The van der Waals surface area contributed by atoms with Crippen molar-refractivity contribution in [3.05, 3.63) is 29.1 Å². The Morgan fingerprint density at radius 3 is 2.96 bits per heavy atom. The maximum Gasteiger partial charge on any atom is 0.187 e. The summed E-state index contributed by atoms with van der Waals surface area (Å²) in [6, 6.07) is 2.66. The summed E-state index contributed by atoms with van der Waals surface area (Å²) in [5, 5.41) is 17.9. The Labute approximate surface area is 152 Å². The van der Waals surface area contributed by atoms with E-state index in [9.17, 15) is 9.50 Å². The molecule has 1 saturated heterocycles. The fourth-order valence-corrected chi connectivity index (χ4v) is 3.53. The topological polar surface area (TPSA) is 70.3 Å². The number of morpholine rings is 1. The zero-order valence-electron chi connectivity index (χ0n) is 14.3. The van der Waals surface area contributed by atoms with E-state index in [0.717, 1.165) is 39.4 Å². The molecule has 136 valence electrons. The molecule has 2 aliphatic rings. The molecule has 4 N–H and O–H groups in total. The lowest BCUT2D eigenvalue weighted by atomic mass is 10.0. The summed E-state index contributed by atoms with van der Waals surface area (Å²) >= 11 is 5.24. The number of quaternary nitrogens is 1. The van der Waals surface area contributed by atoms with Gasteiger partial charge in [-0.05, 0) is 36.7 Å². The highest BCUT2D eigenvalue weighted by Gasteiger charge is 2.30. The van der Waals surface area contributed by atoms with E-state index in [-0.39, 0.29) is 17.5 Å². The van der Waals surface area contributed by atoms with Gasteiger partial charge in [0.25, 0.3) is 0 Å². The first-order valence-corrected chi connectivity index (χ1v) is 9.00. The normalized spacial score (nSPS) is 22.0. The first-order chi connectivity index (χ1) is 12.1. The molecule has 0 aromatic heterocycles. The number of ether oxygens (including phenoxy) is 1. The van der Waals surface area contributed by atoms with Crippen molar-refractivity contribution >= 4 is 23.0 Å². The van der Waals surface area contributed by atoms with E-state index < -0.39 is 0 Å². The Hall–Kier alpha value is -1.77. The van der Waals surface area contributed by atoms with E-state index in [1.807, 2.05) is 6.92 Å². The Bertz CT molecular complexity index is 677. The van der Waals surface area contributed by atoms with Crippen molar-refractivity contribution in [2.45, 2.75) is 19.3 Å². The summed E-state index contributed by atoms with van der Waals surface area (Å²) in [6.45, 7) is 7.29. The lowest BCUT2D eigenvalue weighted by molar-refractivity contribution is -0.906. The molecule has 1 aromatic carbocycles. The van der Waals surface area contributed by atoms with Gasteiger partial charge in [0, 0.05) is 11.1 Å². The summed E-state index contributed by atoms with van der Waals surface area (Å²) in [6.07, 6.45) is 0.567. The molecule has 6 nitrogen and oxygen atoms in total. The van der Waals surface area contributed by atoms with E-state index in [4.69, 9.17) is 17.0 Å². The SMILES string of the molecule is C[C@@H]1C/C(=N\NC(=S)NCC[NH+]2CCOCC2)c2c(O)ccc(F)c21. The van der Waals surface area contributed by atoms with Gasteiger partial charge in [-0.2, -0.15) is 5.10 Å². The third-order valence-corrected chi connectivity index (χ3v) is 4.94. The molecule has 8 heteroatoms. The van der Waals surface area contributed by atoms with Crippen LogP contribution in [0.15, 0.2) is 17.2 Å². The van der Waals surface area contributed by atoms with Gasteiger partial charge in [-0.3, -0.25) is 5.43 Å². The Morgan fingerprint density at radius 2 is 2.20 bits per heavy atom. The predicted octanol–water partition coefficient (Wildman–Crippen LogP) is 0.122. The van der Waals surface area contributed by atoms with E-state index in [1.165, 1.54) is 17.0 Å². The molecular formula is C17H24FN4O2S+. The average molecular weight is 367 g/mol. The maximum atomic E-state index is 14.0. The van der Waals surface area contributed by atoms with Gasteiger partial charge in [-0.15, -0.1) is 0 Å². The quantitative estimate of drug-likeness (QED) is 0.450. The van der Waals surface area contributed by atoms with Gasteiger partial charge >= 0.3 is 0 Å². The number of phenols is 1. The summed E-state index contributed by atoms with van der Waals surface area (Å²) < 4.78 is 19.3. The van der Waals surface area contributed by atoms with Crippen LogP contribution in [0.25, 0.3) is 0 Å². The van der Waals surface area contributed by atoms with Gasteiger partial charge in [0.1, 0.15) is 24.7 Å². The molecule has 1 aliphatic carbocycles. The first kappa shape index (κ1) is 18.0. The number of halogens is 1. The van der Waals surface area contributed by atoms with Gasteiger partial charge in [0.05, 0.1) is 32.0 Å². The largest absolute Gasteiger partial charge is 0.507 e. The van der Waals surface area contributed by atoms with Crippen molar-refractivity contribution in [2.75, 3.05) is 39.4 Å². The number of rotatable bonds is 4. The molecule has 1 atom stereocenters. The number of hydrogen-bond acceptors (Lipinski definition) is 4. The maximum absolute atomic E-state index is 14.0. The average Bonchev–Trinajstić information content (AvgIpc) is 2.95. The number of nitrogens with one attached hydrogen (secondary N) is 3. The van der Waals surface area contributed by atoms with Crippen LogP contribution in [-0.2, 0) is 4.74 Å². The fourth-order valence-electron chi connectivity index (χ4n) is 3.38. The molecule has 0 unspecified atom stereocenters. The second kappa shape index (κ2) is 8.07. The van der Waals surface area contributed by atoms with Gasteiger partial charge in [-0.1, -0.05) is 6.92 Å². The molecule has 1 heterocycles. The molecule has 0 spiro atoms. The van der Waals surface area contributed by atoms with Crippen LogP contribution in [0.5, 0.6) is 5.75 Å². The highest BCUT2D eigenvalue weighted by molar-refractivity contribution is 7.80. The molecule has 25 heavy (non-hydrogen) atoms. The predicted molar refractivity (Wildman–Crippen MR) is 97.8 cm³/mol. The second-order valence-electron chi connectivity index (χ2n) is 6.50.